The molecule has 0 aliphatic carbocycles. The summed E-state index contributed by atoms with van der Waals surface area (Å²) in [5, 5.41) is 18.5. The predicted octanol–water partition coefficient (Wildman–Crippen LogP) is 2.14. The largest absolute Gasteiger partial charge is 0.396 e. The number of hydrogen-bond donors (Lipinski definition) is 2. The summed E-state index contributed by atoms with van der Waals surface area (Å²) < 4.78 is 0. The van der Waals surface area contributed by atoms with Crippen LogP contribution in [0, 0.1) is 24.2 Å². The van der Waals surface area contributed by atoms with Gasteiger partial charge in [-0.1, -0.05) is 24.3 Å². The van der Waals surface area contributed by atoms with E-state index in [9.17, 15) is 10.1 Å². The van der Waals surface area contributed by atoms with E-state index >= 15 is 0 Å². The Labute approximate surface area is 153 Å². The summed E-state index contributed by atoms with van der Waals surface area (Å²) in [6.45, 7) is 3.74. The third kappa shape index (κ3) is 3.94. The highest BCUT2D eigenvalue weighted by atomic mass is 16.3. The summed E-state index contributed by atoms with van der Waals surface area (Å²) in [7, 11) is 0. The summed E-state index contributed by atoms with van der Waals surface area (Å²) in [6.07, 6.45) is 3.21. The van der Waals surface area contributed by atoms with Gasteiger partial charge in [-0.15, -0.1) is 0 Å². The number of benzene rings is 1. The molecule has 2 N–H and O–H groups in total. The number of aliphatic hydroxyl groups is 1. The van der Waals surface area contributed by atoms with E-state index in [1.54, 1.807) is 0 Å². The van der Waals surface area contributed by atoms with Crippen molar-refractivity contribution in [3.05, 3.63) is 57.1 Å². The Morgan fingerprint density at radius 1 is 1.35 bits per heavy atom. The van der Waals surface area contributed by atoms with Crippen LogP contribution >= 0.6 is 0 Å². The average Bonchev–Trinajstić information content (AvgIpc) is 2.64. The Hall–Kier alpha value is -2.65. The lowest BCUT2D eigenvalue weighted by Crippen LogP contribution is -2.36. The minimum atomic E-state index is -0.376. The van der Waals surface area contributed by atoms with Crippen molar-refractivity contribution in [2.75, 3.05) is 24.6 Å². The highest BCUT2D eigenvalue weighted by Crippen LogP contribution is 2.25. The van der Waals surface area contributed by atoms with E-state index in [4.69, 9.17) is 5.11 Å². The Balaban J connectivity index is 1.88. The number of aromatic amines is 1. The smallest absolute Gasteiger partial charge is 0.271 e. The Morgan fingerprint density at radius 3 is 2.73 bits per heavy atom. The molecule has 6 heteroatoms. The lowest BCUT2D eigenvalue weighted by atomic mass is 9.94. The van der Waals surface area contributed by atoms with Gasteiger partial charge in [0.2, 0.25) is 0 Å². The zero-order valence-corrected chi connectivity index (χ0v) is 15.0. The Morgan fingerprint density at radius 2 is 2.08 bits per heavy atom. The van der Waals surface area contributed by atoms with E-state index in [2.05, 4.69) is 9.97 Å². The van der Waals surface area contributed by atoms with Gasteiger partial charge in [-0.25, -0.2) is 4.98 Å². The molecule has 0 atom stereocenters. The molecule has 1 aromatic heterocycles. The van der Waals surface area contributed by atoms with Gasteiger partial charge in [-0.05, 0) is 43.2 Å². The standard InChI is InChI=1S/C20H24N4O2/c1-14-4-2-3-5-16(14)12-18-22-19(17(13-21)20(26)23-18)24-9-6-15(7-10-24)8-11-25/h2-5,15,25H,6-12H2,1H3,(H,22,23,26). The van der Waals surface area contributed by atoms with E-state index in [-0.39, 0.29) is 17.7 Å². The van der Waals surface area contributed by atoms with Crippen LogP contribution in [0.3, 0.4) is 0 Å². The van der Waals surface area contributed by atoms with Crippen molar-refractivity contribution in [3.63, 3.8) is 0 Å². The molecule has 0 amide bonds. The van der Waals surface area contributed by atoms with Crippen molar-refractivity contribution in [1.29, 1.82) is 5.26 Å². The Kier molecular flexibility index (Phi) is 5.69. The number of hydrogen-bond acceptors (Lipinski definition) is 5. The summed E-state index contributed by atoms with van der Waals surface area (Å²) in [4.78, 5) is 21.8. The summed E-state index contributed by atoms with van der Waals surface area (Å²) in [5.41, 5.74) is 1.96. The molecular weight excluding hydrogens is 328 g/mol. The third-order valence-corrected chi connectivity index (χ3v) is 5.13. The molecule has 2 heterocycles. The lowest BCUT2D eigenvalue weighted by molar-refractivity contribution is 0.240. The molecule has 26 heavy (non-hydrogen) atoms. The van der Waals surface area contributed by atoms with E-state index < -0.39 is 0 Å². The summed E-state index contributed by atoms with van der Waals surface area (Å²) in [5.74, 6) is 1.56. The number of aliphatic hydroxyl groups excluding tert-OH is 1. The van der Waals surface area contributed by atoms with Crippen LogP contribution in [0.4, 0.5) is 5.82 Å². The van der Waals surface area contributed by atoms with Gasteiger partial charge in [0.1, 0.15) is 11.9 Å². The van der Waals surface area contributed by atoms with Crippen LogP contribution in [0.15, 0.2) is 29.1 Å². The Bertz CT molecular complexity index is 861. The summed E-state index contributed by atoms with van der Waals surface area (Å²) >= 11 is 0. The normalized spacial score (nSPS) is 15.0. The molecule has 0 spiro atoms. The monoisotopic (exact) mass is 352 g/mol. The lowest BCUT2D eigenvalue weighted by Gasteiger charge is -2.33. The number of H-pyrrole nitrogens is 1. The molecule has 1 saturated heterocycles. The maximum absolute atomic E-state index is 12.4. The fraction of sp³-hybridized carbons (Fsp3) is 0.450. The van der Waals surface area contributed by atoms with Crippen molar-refractivity contribution in [2.45, 2.75) is 32.6 Å². The molecule has 1 aliphatic rings. The number of nitrogens with zero attached hydrogens (tertiary/aromatic N) is 3. The predicted molar refractivity (Wildman–Crippen MR) is 100 cm³/mol. The maximum Gasteiger partial charge on any atom is 0.271 e. The van der Waals surface area contributed by atoms with Crippen molar-refractivity contribution in [1.82, 2.24) is 9.97 Å². The molecule has 0 unspecified atom stereocenters. The van der Waals surface area contributed by atoms with Gasteiger partial charge in [0, 0.05) is 26.1 Å². The van der Waals surface area contributed by atoms with Gasteiger partial charge in [0.05, 0.1) is 0 Å². The number of piperidine rings is 1. The number of aryl methyl sites for hydroxylation is 1. The van der Waals surface area contributed by atoms with Crippen LogP contribution in [0.1, 0.15) is 41.8 Å². The molecule has 0 saturated carbocycles. The zero-order chi connectivity index (χ0) is 18.5. The molecule has 0 bridgehead atoms. The second-order valence-corrected chi connectivity index (χ2v) is 6.87. The van der Waals surface area contributed by atoms with E-state index in [0.29, 0.717) is 24.0 Å². The van der Waals surface area contributed by atoms with Crippen LogP contribution in [-0.2, 0) is 6.42 Å². The van der Waals surface area contributed by atoms with Gasteiger partial charge in [0.25, 0.3) is 5.56 Å². The number of nitrogens with one attached hydrogen (secondary N) is 1. The number of rotatable bonds is 5. The molecule has 1 aromatic carbocycles. The van der Waals surface area contributed by atoms with Gasteiger partial charge in [-0.2, -0.15) is 5.26 Å². The topological polar surface area (TPSA) is 93.0 Å². The minimum Gasteiger partial charge on any atom is -0.396 e. The van der Waals surface area contributed by atoms with Crippen molar-refractivity contribution in [2.24, 2.45) is 5.92 Å². The average molecular weight is 352 g/mol. The molecule has 0 radical (unpaired) electrons. The van der Waals surface area contributed by atoms with Crippen LogP contribution in [-0.4, -0.2) is 34.8 Å². The van der Waals surface area contributed by atoms with Crippen molar-refractivity contribution < 1.29 is 5.11 Å². The second-order valence-electron chi connectivity index (χ2n) is 6.87. The first-order valence-corrected chi connectivity index (χ1v) is 9.06. The van der Waals surface area contributed by atoms with Crippen LogP contribution in [0.25, 0.3) is 0 Å². The fourth-order valence-electron chi connectivity index (χ4n) is 3.52. The van der Waals surface area contributed by atoms with E-state index in [1.165, 1.54) is 0 Å². The van der Waals surface area contributed by atoms with E-state index in [1.807, 2.05) is 42.2 Å². The third-order valence-electron chi connectivity index (χ3n) is 5.13. The molecule has 3 rings (SSSR count). The molecule has 6 nitrogen and oxygen atoms in total. The first-order valence-electron chi connectivity index (χ1n) is 9.06. The number of nitriles is 1. The second kappa shape index (κ2) is 8.15. The van der Waals surface area contributed by atoms with Crippen molar-refractivity contribution >= 4 is 5.82 Å². The molecule has 2 aromatic rings. The highest BCUT2D eigenvalue weighted by molar-refractivity contribution is 5.53. The van der Waals surface area contributed by atoms with Crippen LogP contribution in [0.2, 0.25) is 0 Å². The molecule has 136 valence electrons. The van der Waals surface area contributed by atoms with E-state index in [0.717, 1.165) is 43.5 Å². The highest BCUT2D eigenvalue weighted by Gasteiger charge is 2.24. The first-order chi connectivity index (χ1) is 12.6. The number of anilines is 1. The van der Waals surface area contributed by atoms with Crippen LogP contribution in [0.5, 0.6) is 0 Å². The van der Waals surface area contributed by atoms with Gasteiger partial charge < -0.3 is 15.0 Å². The summed E-state index contributed by atoms with van der Waals surface area (Å²) in [6, 6.07) is 10.0. The quantitative estimate of drug-likeness (QED) is 0.860. The molecule has 1 fully saturated rings. The molecular formula is C20H24N4O2. The van der Waals surface area contributed by atoms with Gasteiger partial charge >= 0.3 is 0 Å². The maximum atomic E-state index is 12.4. The minimum absolute atomic E-state index is 0.0825. The van der Waals surface area contributed by atoms with Crippen LogP contribution < -0.4 is 10.5 Å². The SMILES string of the molecule is Cc1ccccc1Cc1nc(N2CCC(CCO)CC2)c(C#N)c(=O)[nH]1. The fourth-order valence-corrected chi connectivity index (χ4v) is 3.52. The van der Waals surface area contributed by atoms with Gasteiger partial charge in [0.15, 0.2) is 11.4 Å². The van der Waals surface area contributed by atoms with Crippen molar-refractivity contribution in [3.8, 4) is 6.07 Å². The zero-order valence-electron chi connectivity index (χ0n) is 15.0. The number of aromatic nitrogens is 2. The first kappa shape index (κ1) is 18.2. The van der Waals surface area contributed by atoms with Gasteiger partial charge in [-0.3, -0.25) is 4.79 Å². The molecule has 1 aliphatic heterocycles.